The first-order valence-corrected chi connectivity index (χ1v) is 8.22. The van der Waals surface area contributed by atoms with Gasteiger partial charge in [0.2, 0.25) is 17.2 Å². The Labute approximate surface area is 166 Å². The number of aromatic hydroxyl groups is 1. The van der Waals surface area contributed by atoms with Crippen molar-refractivity contribution in [1.29, 1.82) is 0 Å². The number of hydrazone groups is 1. The van der Waals surface area contributed by atoms with Crippen LogP contribution in [0.2, 0.25) is 5.28 Å². The van der Waals surface area contributed by atoms with E-state index >= 15 is 0 Å². The number of halogens is 5. The molecular weight excluding hydrogens is 416 g/mol. The zero-order valence-electron chi connectivity index (χ0n) is 14.2. The number of phenolic OH excluding ortho intramolecular Hbond substituents is 1. The second kappa shape index (κ2) is 8.27. The normalized spacial score (nSPS) is 11.6. The van der Waals surface area contributed by atoms with Gasteiger partial charge in [-0.1, -0.05) is 0 Å². The monoisotopic (exact) mass is 426 g/mol. The van der Waals surface area contributed by atoms with Crippen molar-refractivity contribution in [1.82, 2.24) is 15.0 Å². The summed E-state index contributed by atoms with van der Waals surface area (Å²) >= 11 is 5.80. The number of phenols is 1. The molecule has 7 nitrogen and oxygen atoms in total. The van der Waals surface area contributed by atoms with Crippen molar-refractivity contribution >= 4 is 35.4 Å². The molecular formula is C17H11ClF4N6O. The Kier molecular flexibility index (Phi) is 5.78. The summed E-state index contributed by atoms with van der Waals surface area (Å²) in [4.78, 5) is 11.5. The van der Waals surface area contributed by atoms with Crippen molar-refractivity contribution in [3.63, 3.8) is 0 Å². The maximum Gasteiger partial charge on any atom is 0.419 e. The minimum absolute atomic E-state index is 0.0827. The van der Waals surface area contributed by atoms with Crippen molar-refractivity contribution in [3.8, 4) is 5.75 Å². The fourth-order valence-corrected chi connectivity index (χ4v) is 2.29. The number of nitrogens with zero attached hydrogens (tertiary/aromatic N) is 4. The van der Waals surface area contributed by atoms with E-state index in [1.165, 1.54) is 18.3 Å². The molecule has 0 unspecified atom stereocenters. The third kappa shape index (κ3) is 5.51. The average Bonchev–Trinajstić information content (AvgIpc) is 2.64. The van der Waals surface area contributed by atoms with Gasteiger partial charge in [0.15, 0.2) is 0 Å². The average molecular weight is 427 g/mol. The molecule has 0 radical (unpaired) electrons. The van der Waals surface area contributed by atoms with E-state index in [0.717, 1.165) is 6.07 Å². The first-order valence-electron chi connectivity index (χ1n) is 7.84. The molecule has 3 rings (SSSR count). The van der Waals surface area contributed by atoms with Crippen LogP contribution in [0.1, 0.15) is 11.1 Å². The molecule has 3 N–H and O–H groups in total. The van der Waals surface area contributed by atoms with Crippen LogP contribution in [-0.2, 0) is 6.18 Å². The topological polar surface area (TPSA) is 95.3 Å². The zero-order chi connectivity index (χ0) is 21.0. The van der Waals surface area contributed by atoms with Crippen LogP contribution < -0.4 is 10.7 Å². The van der Waals surface area contributed by atoms with Gasteiger partial charge in [-0.05, 0) is 59.6 Å². The minimum atomic E-state index is -4.85. The van der Waals surface area contributed by atoms with Gasteiger partial charge in [-0.2, -0.15) is 33.2 Å². The van der Waals surface area contributed by atoms with Crippen molar-refractivity contribution in [2.24, 2.45) is 5.10 Å². The molecule has 1 heterocycles. The Balaban J connectivity index is 1.76. The number of hydrogen-bond acceptors (Lipinski definition) is 7. The lowest BCUT2D eigenvalue weighted by Crippen LogP contribution is -2.09. The highest BCUT2D eigenvalue weighted by Gasteiger charge is 2.34. The number of nitrogens with one attached hydrogen (secondary N) is 2. The third-order valence-corrected chi connectivity index (χ3v) is 3.58. The van der Waals surface area contributed by atoms with E-state index in [1.807, 2.05) is 0 Å². The van der Waals surface area contributed by atoms with Crippen LogP contribution in [0.25, 0.3) is 0 Å². The van der Waals surface area contributed by atoms with Gasteiger partial charge in [-0.3, -0.25) is 0 Å². The van der Waals surface area contributed by atoms with Crippen LogP contribution >= 0.6 is 11.6 Å². The van der Waals surface area contributed by atoms with E-state index < -0.39 is 17.6 Å². The maximum atomic E-state index is 13.4. The molecule has 12 heteroatoms. The van der Waals surface area contributed by atoms with Crippen LogP contribution in [0.4, 0.5) is 35.1 Å². The summed E-state index contributed by atoms with van der Waals surface area (Å²) in [5, 5.41) is 15.4. The van der Waals surface area contributed by atoms with Gasteiger partial charge >= 0.3 is 6.18 Å². The molecule has 1 aromatic heterocycles. The van der Waals surface area contributed by atoms with Gasteiger partial charge in [-0.15, -0.1) is 0 Å². The SMILES string of the molecule is Oc1ccc(/C=N/Nc2nc(Cl)nc(Nc3ccc(F)c(C(F)(F)F)c3)n2)cc1. The third-order valence-electron chi connectivity index (χ3n) is 3.41. The van der Waals surface area contributed by atoms with Crippen molar-refractivity contribution in [2.45, 2.75) is 6.18 Å². The maximum absolute atomic E-state index is 13.4. The summed E-state index contributed by atoms with van der Waals surface area (Å²) in [6.45, 7) is 0. The molecule has 0 aliphatic heterocycles. The summed E-state index contributed by atoms with van der Waals surface area (Å²) in [5.41, 5.74) is 1.64. The molecule has 0 aliphatic carbocycles. The standard InChI is InChI=1S/C17H11ClF4N6O/c18-14-25-15(24-10-3-6-13(19)12(7-10)17(20,21)22)27-16(26-14)28-23-8-9-1-4-11(29)5-2-9/h1-8,29H,(H2,24,25,26,27,28)/b23-8+. The van der Waals surface area contributed by atoms with Crippen LogP contribution in [0.5, 0.6) is 5.75 Å². The van der Waals surface area contributed by atoms with E-state index in [2.05, 4.69) is 30.8 Å². The molecule has 0 saturated carbocycles. The Hall–Kier alpha value is -3.47. The highest BCUT2D eigenvalue weighted by molar-refractivity contribution is 6.28. The molecule has 0 aliphatic rings. The Morgan fingerprint density at radius 2 is 1.69 bits per heavy atom. The largest absolute Gasteiger partial charge is 0.508 e. The Bertz CT molecular complexity index is 1040. The number of rotatable bonds is 5. The summed E-state index contributed by atoms with van der Waals surface area (Å²) in [6.07, 6.45) is -3.44. The quantitative estimate of drug-likeness (QED) is 0.314. The Morgan fingerprint density at radius 1 is 1.00 bits per heavy atom. The van der Waals surface area contributed by atoms with E-state index in [4.69, 9.17) is 11.6 Å². The van der Waals surface area contributed by atoms with Gasteiger partial charge in [0, 0.05) is 5.69 Å². The van der Waals surface area contributed by atoms with E-state index in [-0.39, 0.29) is 28.6 Å². The molecule has 0 fully saturated rings. The molecule has 0 saturated heterocycles. The van der Waals surface area contributed by atoms with E-state index in [0.29, 0.717) is 17.7 Å². The Morgan fingerprint density at radius 3 is 2.38 bits per heavy atom. The van der Waals surface area contributed by atoms with Crippen LogP contribution in [0.15, 0.2) is 47.6 Å². The van der Waals surface area contributed by atoms with Crippen molar-refractivity contribution in [3.05, 3.63) is 64.7 Å². The van der Waals surface area contributed by atoms with Crippen molar-refractivity contribution in [2.75, 3.05) is 10.7 Å². The van der Waals surface area contributed by atoms with Crippen LogP contribution in [0, 0.1) is 5.82 Å². The molecule has 2 aromatic carbocycles. The first-order chi connectivity index (χ1) is 13.7. The number of benzene rings is 2. The van der Waals surface area contributed by atoms with Gasteiger partial charge in [-0.25, -0.2) is 9.82 Å². The fraction of sp³-hybridized carbons (Fsp3) is 0.0588. The lowest BCUT2D eigenvalue weighted by molar-refractivity contribution is -0.139. The second-order valence-electron chi connectivity index (χ2n) is 5.53. The second-order valence-corrected chi connectivity index (χ2v) is 5.87. The fourth-order valence-electron chi connectivity index (χ4n) is 2.13. The van der Waals surface area contributed by atoms with E-state index in [9.17, 15) is 22.7 Å². The summed E-state index contributed by atoms with van der Waals surface area (Å²) in [5.74, 6) is -1.56. The lowest BCUT2D eigenvalue weighted by Gasteiger charge is -2.11. The highest BCUT2D eigenvalue weighted by Crippen LogP contribution is 2.33. The summed E-state index contributed by atoms with van der Waals surface area (Å²) < 4.78 is 51.9. The summed E-state index contributed by atoms with van der Waals surface area (Å²) in [6, 6.07) is 8.53. The van der Waals surface area contributed by atoms with Gasteiger partial charge in [0.05, 0.1) is 11.8 Å². The number of anilines is 3. The lowest BCUT2D eigenvalue weighted by atomic mass is 10.2. The first kappa shape index (κ1) is 20.3. The van der Waals surface area contributed by atoms with Gasteiger partial charge in [0.25, 0.3) is 0 Å². The zero-order valence-corrected chi connectivity index (χ0v) is 15.0. The number of aromatic nitrogens is 3. The molecule has 0 atom stereocenters. The molecule has 29 heavy (non-hydrogen) atoms. The van der Waals surface area contributed by atoms with Crippen molar-refractivity contribution < 1.29 is 22.7 Å². The van der Waals surface area contributed by atoms with Gasteiger partial charge in [0.1, 0.15) is 11.6 Å². The van der Waals surface area contributed by atoms with Crippen LogP contribution in [0.3, 0.4) is 0 Å². The summed E-state index contributed by atoms with van der Waals surface area (Å²) in [7, 11) is 0. The van der Waals surface area contributed by atoms with E-state index in [1.54, 1.807) is 12.1 Å². The molecule has 0 spiro atoms. The minimum Gasteiger partial charge on any atom is -0.508 e. The predicted octanol–water partition coefficient (Wildman–Crippen LogP) is 4.58. The molecule has 150 valence electrons. The van der Waals surface area contributed by atoms with Crippen LogP contribution in [-0.4, -0.2) is 26.3 Å². The predicted molar refractivity (Wildman–Crippen MR) is 98.8 cm³/mol. The smallest absolute Gasteiger partial charge is 0.419 e. The molecule has 0 amide bonds. The number of hydrogen-bond donors (Lipinski definition) is 3. The number of alkyl halides is 3. The molecule has 0 bridgehead atoms. The highest BCUT2D eigenvalue weighted by atomic mass is 35.5. The molecule has 3 aromatic rings. The van der Waals surface area contributed by atoms with Gasteiger partial charge < -0.3 is 10.4 Å².